The van der Waals surface area contributed by atoms with Crippen molar-refractivity contribution in [2.45, 2.75) is 12.6 Å². The van der Waals surface area contributed by atoms with E-state index in [1.54, 1.807) is 0 Å². The number of nitrogens with one attached hydrogen (secondary N) is 1. The highest BCUT2D eigenvalue weighted by Crippen LogP contribution is 2.09. The molecule has 0 aliphatic carbocycles. The molecule has 3 N–H and O–H groups in total. The Bertz CT molecular complexity index is 351. The highest BCUT2D eigenvalue weighted by Gasteiger charge is 2.17. The molecule has 0 saturated carbocycles. The first kappa shape index (κ1) is 10.1. The lowest BCUT2D eigenvalue weighted by molar-refractivity contribution is 0.0830. The Labute approximate surface area is 77.5 Å². The Kier molecular flexibility index (Phi) is 2.94. The molecule has 13 heavy (non-hydrogen) atoms. The van der Waals surface area contributed by atoms with Gasteiger partial charge in [-0.2, -0.15) is 0 Å². The molecule has 1 atom stereocenters. The summed E-state index contributed by atoms with van der Waals surface area (Å²) < 4.78 is 25.1. The molecule has 1 rings (SSSR count). The summed E-state index contributed by atoms with van der Waals surface area (Å²) in [4.78, 5) is 3.54. The number of hydrogen-bond acceptors (Lipinski definition) is 3. The van der Waals surface area contributed by atoms with Crippen LogP contribution in [0.15, 0.2) is 12.4 Å². The molecule has 0 spiro atoms. The van der Waals surface area contributed by atoms with E-state index in [-0.39, 0.29) is 10.6 Å². The molecule has 0 fully saturated rings. The van der Waals surface area contributed by atoms with Crippen LogP contribution in [0.5, 0.6) is 0 Å². The van der Waals surface area contributed by atoms with E-state index in [9.17, 15) is 8.78 Å². The SMILES string of the molecule is N=c1cnc(Cl)cn1C(N)C(F)F. The van der Waals surface area contributed by atoms with Crippen molar-refractivity contribution in [1.29, 1.82) is 5.41 Å². The van der Waals surface area contributed by atoms with Gasteiger partial charge in [-0.1, -0.05) is 11.6 Å². The van der Waals surface area contributed by atoms with Crippen LogP contribution in [-0.4, -0.2) is 16.0 Å². The van der Waals surface area contributed by atoms with E-state index in [4.69, 9.17) is 22.7 Å². The Hall–Kier alpha value is -1.01. The summed E-state index contributed by atoms with van der Waals surface area (Å²) in [5, 5.41) is 7.24. The van der Waals surface area contributed by atoms with Gasteiger partial charge in [0.25, 0.3) is 6.43 Å². The predicted octanol–water partition coefficient (Wildman–Crippen LogP) is 0.738. The summed E-state index contributed by atoms with van der Waals surface area (Å²) in [6.07, 6.45) is -2.15. The topological polar surface area (TPSA) is 67.7 Å². The van der Waals surface area contributed by atoms with Crippen molar-refractivity contribution in [2.75, 3.05) is 0 Å². The van der Waals surface area contributed by atoms with Crippen LogP contribution in [0.4, 0.5) is 8.78 Å². The summed E-state index contributed by atoms with van der Waals surface area (Å²) in [7, 11) is 0. The number of hydrogen-bond donors (Lipinski definition) is 2. The fraction of sp³-hybridized carbons (Fsp3) is 0.333. The maximum absolute atomic E-state index is 12.1. The molecule has 7 heteroatoms. The van der Waals surface area contributed by atoms with Gasteiger partial charge in [0.15, 0.2) is 0 Å². The zero-order valence-corrected chi connectivity index (χ0v) is 7.17. The van der Waals surface area contributed by atoms with Crippen LogP contribution in [0.3, 0.4) is 0 Å². The van der Waals surface area contributed by atoms with Crippen LogP contribution >= 0.6 is 11.6 Å². The van der Waals surface area contributed by atoms with Gasteiger partial charge in [0.1, 0.15) is 16.8 Å². The first-order chi connectivity index (χ1) is 6.02. The van der Waals surface area contributed by atoms with Crippen LogP contribution < -0.4 is 11.2 Å². The molecule has 1 unspecified atom stereocenters. The highest BCUT2D eigenvalue weighted by molar-refractivity contribution is 6.29. The van der Waals surface area contributed by atoms with Gasteiger partial charge in [-0.05, 0) is 0 Å². The molecule has 0 aliphatic heterocycles. The molecule has 1 aromatic heterocycles. The third kappa shape index (κ3) is 2.22. The lowest BCUT2D eigenvalue weighted by Gasteiger charge is -2.14. The zero-order chi connectivity index (χ0) is 10.0. The van der Waals surface area contributed by atoms with E-state index in [2.05, 4.69) is 4.98 Å². The normalized spacial score (nSPS) is 13.3. The van der Waals surface area contributed by atoms with Crippen LogP contribution in [0, 0.1) is 5.41 Å². The average Bonchev–Trinajstić information content (AvgIpc) is 2.08. The van der Waals surface area contributed by atoms with Crippen LogP contribution in [-0.2, 0) is 0 Å². The van der Waals surface area contributed by atoms with Gasteiger partial charge in [0.05, 0.1) is 6.20 Å². The number of aromatic nitrogens is 2. The van der Waals surface area contributed by atoms with E-state index >= 15 is 0 Å². The molecule has 4 nitrogen and oxygen atoms in total. The Morgan fingerprint density at radius 1 is 1.62 bits per heavy atom. The maximum Gasteiger partial charge on any atom is 0.271 e. The van der Waals surface area contributed by atoms with Crippen molar-refractivity contribution in [3.8, 4) is 0 Å². The van der Waals surface area contributed by atoms with E-state index in [1.807, 2.05) is 0 Å². The van der Waals surface area contributed by atoms with E-state index in [0.717, 1.165) is 17.0 Å². The minimum absolute atomic E-state index is 0.0205. The smallest absolute Gasteiger partial charge is 0.271 e. The standard InChI is InChI=1S/C6H7ClF2N4/c7-3-2-13(4(10)1-12-3)6(11)5(8)9/h1-2,5-6,10H,11H2. The summed E-state index contributed by atoms with van der Waals surface area (Å²) in [5.74, 6) is 0. The molecular formula is C6H7ClF2N4. The molecule has 0 saturated heterocycles. The van der Waals surface area contributed by atoms with E-state index < -0.39 is 12.6 Å². The second kappa shape index (κ2) is 3.80. The molecule has 72 valence electrons. The number of rotatable bonds is 2. The molecule has 1 aromatic rings. The highest BCUT2D eigenvalue weighted by atomic mass is 35.5. The maximum atomic E-state index is 12.1. The van der Waals surface area contributed by atoms with Crippen molar-refractivity contribution in [1.82, 2.24) is 9.55 Å². The number of nitrogens with zero attached hydrogens (tertiary/aromatic N) is 2. The Morgan fingerprint density at radius 2 is 2.23 bits per heavy atom. The third-order valence-electron chi connectivity index (χ3n) is 1.41. The average molecular weight is 209 g/mol. The minimum Gasteiger partial charge on any atom is -0.307 e. The quantitative estimate of drug-likeness (QED) is 0.753. The first-order valence-corrected chi connectivity index (χ1v) is 3.72. The van der Waals surface area contributed by atoms with Gasteiger partial charge in [0.2, 0.25) is 0 Å². The van der Waals surface area contributed by atoms with Crippen molar-refractivity contribution < 1.29 is 8.78 Å². The van der Waals surface area contributed by atoms with Crippen molar-refractivity contribution >= 4 is 11.6 Å². The third-order valence-corrected chi connectivity index (χ3v) is 1.61. The van der Waals surface area contributed by atoms with Gasteiger partial charge >= 0.3 is 0 Å². The number of alkyl halides is 2. The zero-order valence-electron chi connectivity index (χ0n) is 6.42. The van der Waals surface area contributed by atoms with Crippen molar-refractivity contribution in [2.24, 2.45) is 5.73 Å². The van der Waals surface area contributed by atoms with Crippen LogP contribution in [0.2, 0.25) is 5.15 Å². The first-order valence-electron chi connectivity index (χ1n) is 3.34. The van der Waals surface area contributed by atoms with E-state index in [1.165, 1.54) is 0 Å². The summed E-state index contributed by atoms with van der Waals surface area (Å²) >= 11 is 5.45. The van der Waals surface area contributed by atoms with Gasteiger partial charge in [-0.15, -0.1) is 0 Å². The van der Waals surface area contributed by atoms with Gasteiger partial charge in [0, 0.05) is 6.20 Å². The van der Waals surface area contributed by atoms with Crippen LogP contribution in [0.1, 0.15) is 6.17 Å². The lowest BCUT2D eigenvalue weighted by Crippen LogP contribution is -2.34. The molecule has 0 bridgehead atoms. The number of nitrogens with two attached hydrogens (primary N) is 1. The van der Waals surface area contributed by atoms with Gasteiger partial charge in [-0.3, -0.25) is 5.41 Å². The monoisotopic (exact) mass is 208 g/mol. The van der Waals surface area contributed by atoms with Gasteiger partial charge < -0.3 is 10.3 Å². The second-order valence-electron chi connectivity index (χ2n) is 2.33. The lowest BCUT2D eigenvalue weighted by atomic mass is 10.5. The fourth-order valence-corrected chi connectivity index (χ4v) is 0.929. The summed E-state index contributed by atoms with van der Waals surface area (Å²) in [5.41, 5.74) is 4.90. The fourth-order valence-electron chi connectivity index (χ4n) is 0.775. The molecular weight excluding hydrogens is 202 g/mol. The number of halogens is 3. The van der Waals surface area contributed by atoms with Crippen molar-refractivity contribution in [3.05, 3.63) is 23.0 Å². The van der Waals surface area contributed by atoms with Crippen molar-refractivity contribution in [3.63, 3.8) is 0 Å². The Morgan fingerprint density at radius 3 is 2.77 bits per heavy atom. The predicted molar refractivity (Wildman–Crippen MR) is 42.3 cm³/mol. The second-order valence-corrected chi connectivity index (χ2v) is 2.71. The molecule has 1 heterocycles. The largest absolute Gasteiger partial charge is 0.307 e. The Balaban J connectivity index is 3.13. The van der Waals surface area contributed by atoms with Crippen LogP contribution in [0.25, 0.3) is 0 Å². The van der Waals surface area contributed by atoms with Gasteiger partial charge in [-0.25, -0.2) is 13.8 Å². The molecule has 0 aromatic carbocycles. The van der Waals surface area contributed by atoms with E-state index in [0.29, 0.717) is 0 Å². The summed E-state index contributed by atoms with van der Waals surface area (Å²) in [6, 6.07) is 0. The summed E-state index contributed by atoms with van der Waals surface area (Å²) in [6.45, 7) is 0. The molecule has 0 radical (unpaired) electrons. The molecule has 0 aliphatic rings. The molecule has 0 amide bonds. The minimum atomic E-state index is -2.74.